The van der Waals surface area contributed by atoms with Crippen molar-refractivity contribution in [1.29, 1.82) is 0 Å². The van der Waals surface area contributed by atoms with Gasteiger partial charge < -0.3 is 4.74 Å². The van der Waals surface area contributed by atoms with E-state index in [1.54, 1.807) is 0 Å². The zero-order chi connectivity index (χ0) is 13.2. The van der Waals surface area contributed by atoms with E-state index in [4.69, 9.17) is 0 Å². The maximum atomic E-state index is 11.5. The fourth-order valence-electron chi connectivity index (χ4n) is 3.17. The zero-order valence-corrected chi connectivity index (χ0v) is 10.9. The molecule has 1 aliphatic heterocycles. The third kappa shape index (κ3) is 2.55. The molecule has 1 aliphatic carbocycles. The van der Waals surface area contributed by atoms with E-state index < -0.39 is 17.9 Å². The molecular weight excluding hydrogens is 240 g/mol. The van der Waals surface area contributed by atoms with Crippen molar-refractivity contribution in [3.8, 4) is 0 Å². The average molecular weight is 258 g/mol. The van der Waals surface area contributed by atoms with E-state index >= 15 is 0 Å². The number of cyclic esters (lactones) is 2. The lowest BCUT2D eigenvalue weighted by molar-refractivity contribution is -0.152. The van der Waals surface area contributed by atoms with E-state index in [0.717, 1.165) is 5.56 Å². The largest absolute Gasteiger partial charge is 0.393 e. The number of ether oxygens (including phenoxy) is 1. The van der Waals surface area contributed by atoms with Crippen molar-refractivity contribution < 1.29 is 14.3 Å². The minimum atomic E-state index is -0.411. The Bertz CT molecular complexity index is 483. The summed E-state index contributed by atoms with van der Waals surface area (Å²) >= 11 is 0. The lowest BCUT2D eigenvalue weighted by atomic mass is 9.83. The van der Waals surface area contributed by atoms with Gasteiger partial charge in [-0.3, -0.25) is 9.59 Å². The van der Waals surface area contributed by atoms with E-state index in [-0.39, 0.29) is 6.42 Å². The van der Waals surface area contributed by atoms with Gasteiger partial charge in [-0.2, -0.15) is 0 Å². The van der Waals surface area contributed by atoms with Crippen molar-refractivity contribution in [2.75, 3.05) is 0 Å². The van der Waals surface area contributed by atoms with Crippen LogP contribution in [-0.4, -0.2) is 11.9 Å². The van der Waals surface area contributed by atoms with Crippen LogP contribution in [0.3, 0.4) is 0 Å². The molecular formula is C16H18O3. The van der Waals surface area contributed by atoms with Crippen LogP contribution in [-0.2, 0) is 14.3 Å². The molecule has 0 radical (unpaired) electrons. The highest BCUT2D eigenvalue weighted by Gasteiger charge is 2.34. The molecule has 1 aromatic rings. The summed E-state index contributed by atoms with van der Waals surface area (Å²) in [6.07, 6.45) is 6.70. The Labute approximate surface area is 113 Å². The highest BCUT2D eigenvalue weighted by molar-refractivity contribution is 5.97. The number of rotatable bonds is 2. The maximum absolute atomic E-state index is 11.5. The molecule has 1 saturated carbocycles. The van der Waals surface area contributed by atoms with Gasteiger partial charge in [0.15, 0.2) is 0 Å². The molecule has 2 aliphatic rings. The van der Waals surface area contributed by atoms with E-state index in [1.807, 2.05) is 12.1 Å². The Morgan fingerprint density at radius 3 is 2.11 bits per heavy atom. The summed E-state index contributed by atoms with van der Waals surface area (Å²) in [5, 5.41) is 0. The molecule has 3 nitrogen and oxygen atoms in total. The van der Waals surface area contributed by atoms with Crippen LogP contribution < -0.4 is 0 Å². The second kappa shape index (κ2) is 5.16. The fourth-order valence-corrected chi connectivity index (χ4v) is 3.17. The molecule has 0 amide bonds. The van der Waals surface area contributed by atoms with Gasteiger partial charge in [0.05, 0.1) is 12.3 Å². The van der Waals surface area contributed by atoms with Crippen molar-refractivity contribution in [3.63, 3.8) is 0 Å². The van der Waals surface area contributed by atoms with Gasteiger partial charge in [-0.25, -0.2) is 0 Å². The number of hydrogen-bond acceptors (Lipinski definition) is 3. The van der Waals surface area contributed by atoms with Gasteiger partial charge in [0, 0.05) is 0 Å². The minimum absolute atomic E-state index is 0.182. The van der Waals surface area contributed by atoms with Crippen LogP contribution in [0, 0.1) is 0 Å². The topological polar surface area (TPSA) is 43.4 Å². The molecule has 2 fully saturated rings. The first-order valence-electron chi connectivity index (χ1n) is 7.08. The molecule has 0 bridgehead atoms. The standard InChI is InChI=1S/C16H18O3/c17-15-10-14(16(18)19-15)13-8-6-12(7-9-13)11-4-2-1-3-5-11/h6-9,11,14H,1-5,10H2/t14-/m1/s1. The highest BCUT2D eigenvalue weighted by Crippen LogP contribution is 2.34. The van der Waals surface area contributed by atoms with Crippen molar-refractivity contribution in [2.45, 2.75) is 50.4 Å². The third-order valence-electron chi connectivity index (χ3n) is 4.29. The summed E-state index contributed by atoms with van der Waals surface area (Å²) in [6, 6.07) is 8.19. The second-order valence-corrected chi connectivity index (χ2v) is 5.55. The van der Waals surface area contributed by atoms with Gasteiger partial charge in [-0.05, 0) is 29.9 Å². The van der Waals surface area contributed by atoms with Crippen molar-refractivity contribution >= 4 is 11.9 Å². The van der Waals surface area contributed by atoms with Gasteiger partial charge in [0.1, 0.15) is 0 Å². The number of benzene rings is 1. The van der Waals surface area contributed by atoms with Gasteiger partial charge >= 0.3 is 11.9 Å². The molecule has 0 unspecified atom stereocenters. The van der Waals surface area contributed by atoms with Crippen molar-refractivity contribution in [3.05, 3.63) is 35.4 Å². The van der Waals surface area contributed by atoms with Gasteiger partial charge in [-0.1, -0.05) is 43.5 Å². The summed E-state index contributed by atoms with van der Waals surface area (Å²) in [5.74, 6) is -0.547. The SMILES string of the molecule is O=C1C[C@H](c2ccc(C3CCCCC3)cc2)C(=O)O1. The van der Waals surface area contributed by atoms with Gasteiger partial charge in [0.25, 0.3) is 0 Å². The normalized spacial score (nSPS) is 24.5. The Morgan fingerprint density at radius 1 is 0.895 bits per heavy atom. The highest BCUT2D eigenvalue weighted by atomic mass is 16.6. The quantitative estimate of drug-likeness (QED) is 0.604. The Hall–Kier alpha value is -1.64. The van der Waals surface area contributed by atoms with E-state index in [1.165, 1.54) is 37.7 Å². The van der Waals surface area contributed by atoms with Crippen LogP contribution >= 0.6 is 0 Å². The van der Waals surface area contributed by atoms with Crippen molar-refractivity contribution in [1.82, 2.24) is 0 Å². The molecule has 1 atom stereocenters. The second-order valence-electron chi connectivity index (χ2n) is 5.55. The van der Waals surface area contributed by atoms with E-state index in [2.05, 4.69) is 16.9 Å². The molecule has 0 spiro atoms. The summed E-state index contributed by atoms with van der Waals surface area (Å²) in [5.41, 5.74) is 2.26. The van der Waals surface area contributed by atoms with Gasteiger partial charge in [-0.15, -0.1) is 0 Å². The first kappa shape index (κ1) is 12.4. The van der Waals surface area contributed by atoms with Crippen LogP contribution in [0.4, 0.5) is 0 Å². The first-order valence-corrected chi connectivity index (χ1v) is 7.08. The lowest BCUT2D eigenvalue weighted by Gasteiger charge is -2.22. The molecule has 1 heterocycles. The van der Waals surface area contributed by atoms with Crippen molar-refractivity contribution in [2.24, 2.45) is 0 Å². The Balaban J connectivity index is 1.75. The lowest BCUT2D eigenvalue weighted by Crippen LogP contribution is -2.07. The number of esters is 2. The molecule has 1 saturated heterocycles. The monoisotopic (exact) mass is 258 g/mol. The zero-order valence-electron chi connectivity index (χ0n) is 10.9. The Morgan fingerprint density at radius 2 is 1.53 bits per heavy atom. The number of carbonyl (C=O) groups excluding carboxylic acids is 2. The summed E-state index contributed by atoms with van der Waals surface area (Å²) in [6.45, 7) is 0. The molecule has 100 valence electrons. The summed E-state index contributed by atoms with van der Waals surface area (Å²) < 4.78 is 4.60. The molecule has 3 heteroatoms. The van der Waals surface area contributed by atoms with Gasteiger partial charge in [0.2, 0.25) is 0 Å². The van der Waals surface area contributed by atoms with Crippen LogP contribution in [0.15, 0.2) is 24.3 Å². The first-order chi connectivity index (χ1) is 9.24. The van der Waals surface area contributed by atoms with E-state index in [0.29, 0.717) is 5.92 Å². The van der Waals surface area contributed by atoms with Crippen LogP contribution in [0.2, 0.25) is 0 Å². The summed E-state index contributed by atoms with van der Waals surface area (Å²) in [7, 11) is 0. The van der Waals surface area contributed by atoms with Crippen LogP contribution in [0.1, 0.15) is 61.5 Å². The smallest absolute Gasteiger partial charge is 0.321 e. The predicted octanol–water partition coefficient (Wildman–Crippen LogP) is 3.29. The third-order valence-corrected chi connectivity index (χ3v) is 4.29. The predicted molar refractivity (Wildman–Crippen MR) is 70.7 cm³/mol. The molecule has 3 rings (SSSR count). The van der Waals surface area contributed by atoms with Crippen LogP contribution in [0.25, 0.3) is 0 Å². The fraction of sp³-hybridized carbons (Fsp3) is 0.500. The van der Waals surface area contributed by atoms with Crippen LogP contribution in [0.5, 0.6) is 0 Å². The maximum Gasteiger partial charge on any atom is 0.321 e. The minimum Gasteiger partial charge on any atom is -0.393 e. The number of hydrogen-bond donors (Lipinski definition) is 0. The van der Waals surface area contributed by atoms with E-state index in [9.17, 15) is 9.59 Å². The molecule has 0 N–H and O–H groups in total. The Kier molecular flexibility index (Phi) is 3.36. The molecule has 19 heavy (non-hydrogen) atoms. The number of carbonyl (C=O) groups is 2. The molecule has 1 aromatic carbocycles. The average Bonchev–Trinajstić information content (AvgIpc) is 2.79. The molecule has 0 aromatic heterocycles. The summed E-state index contributed by atoms with van der Waals surface area (Å²) in [4.78, 5) is 22.6.